The lowest BCUT2D eigenvalue weighted by molar-refractivity contribution is 0.0324. The molecule has 0 aromatic heterocycles. The molecule has 16 heavy (non-hydrogen) atoms. The number of nitrogens with one attached hydrogen (secondary N) is 1. The van der Waals surface area contributed by atoms with E-state index in [4.69, 9.17) is 4.74 Å². The number of hydrogen-bond donors (Lipinski definition) is 1. The smallest absolute Gasteiger partial charge is 0.0534 e. The molecule has 1 fully saturated rings. The van der Waals surface area contributed by atoms with Crippen LogP contribution >= 0.6 is 0 Å². The molecule has 0 radical (unpaired) electrons. The molecular weight excluding hydrogens is 198 g/mol. The molecule has 96 valence electrons. The van der Waals surface area contributed by atoms with Gasteiger partial charge in [-0.25, -0.2) is 0 Å². The van der Waals surface area contributed by atoms with E-state index < -0.39 is 0 Å². The van der Waals surface area contributed by atoms with Crippen LogP contribution in [0.1, 0.15) is 52.9 Å². The van der Waals surface area contributed by atoms with E-state index in [0.29, 0.717) is 5.41 Å². The topological polar surface area (TPSA) is 21.3 Å². The van der Waals surface area contributed by atoms with Crippen molar-refractivity contribution in [1.29, 1.82) is 0 Å². The van der Waals surface area contributed by atoms with Gasteiger partial charge in [-0.05, 0) is 44.6 Å². The Kier molecular flexibility index (Phi) is 6.37. The molecule has 1 aliphatic carbocycles. The number of ether oxygens (including phenoxy) is 1. The minimum absolute atomic E-state index is 0.365. The van der Waals surface area contributed by atoms with Crippen LogP contribution in [0.4, 0.5) is 0 Å². The first-order valence-electron chi connectivity index (χ1n) is 7.04. The number of rotatable bonds is 10. The molecule has 0 amide bonds. The lowest BCUT2D eigenvalue weighted by atomic mass is 9.83. The summed E-state index contributed by atoms with van der Waals surface area (Å²) in [6.45, 7) is 11.0. The lowest BCUT2D eigenvalue weighted by Gasteiger charge is -2.31. The van der Waals surface area contributed by atoms with Crippen molar-refractivity contribution in [2.45, 2.75) is 52.9 Å². The molecule has 0 heterocycles. The molecule has 1 aliphatic rings. The van der Waals surface area contributed by atoms with Gasteiger partial charge in [0.15, 0.2) is 0 Å². The third-order valence-electron chi connectivity index (χ3n) is 3.89. The van der Waals surface area contributed by atoms with E-state index >= 15 is 0 Å². The molecule has 0 aliphatic heterocycles. The van der Waals surface area contributed by atoms with E-state index in [1.165, 1.54) is 32.1 Å². The van der Waals surface area contributed by atoms with Crippen LogP contribution in [0.25, 0.3) is 0 Å². The Morgan fingerprint density at radius 1 is 1.19 bits per heavy atom. The maximum absolute atomic E-state index is 5.90. The van der Waals surface area contributed by atoms with Crippen LogP contribution in [-0.4, -0.2) is 26.3 Å². The van der Waals surface area contributed by atoms with Gasteiger partial charge >= 0.3 is 0 Å². The predicted octanol–water partition coefficient (Wildman–Crippen LogP) is 3.22. The molecule has 0 saturated heterocycles. The van der Waals surface area contributed by atoms with Gasteiger partial charge in [0.2, 0.25) is 0 Å². The molecular formula is C14H29NO. The number of hydrogen-bond acceptors (Lipinski definition) is 2. The highest BCUT2D eigenvalue weighted by Crippen LogP contribution is 2.31. The Hall–Kier alpha value is -0.0800. The second-order valence-corrected chi connectivity index (χ2v) is 5.34. The maximum atomic E-state index is 5.90. The van der Waals surface area contributed by atoms with Crippen LogP contribution in [-0.2, 0) is 4.74 Å². The van der Waals surface area contributed by atoms with Crippen LogP contribution in [0.15, 0.2) is 0 Å². The maximum Gasteiger partial charge on any atom is 0.0534 e. The SMILES string of the molecule is CCCNCC(CC)(CC)COCC1CC1. The van der Waals surface area contributed by atoms with Crippen LogP contribution in [0.2, 0.25) is 0 Å². The van der Waals surface area contributed by atoms with Gasteiger partial charge in [-0.15, -0.1) is 0 Å². The Morgan fingerprint density at radius 3 is 2.38 bits per heavy atom. The molecule has 0 aromatic rings. The van der Waals surface area contributed by atoms with E-state index in [2.05, 4.69) is 26.1 Å². The fraction of sp³-hybridized carbons (Fsp3) is 1.00. The largest absolute Gasteiger partial charge is 0.381 e. The fourth-order valence-corrected chi connectivity index (χ4v) is 2.01. The molecule has 1 saturated carbocycles. The van der Waals surface area contributed by atoms with Crippen molar-refractivity contribution < 1.29 is 4.74 Å². The zero-order chi connectivity index (χ0) is 11.9. The quantitative estimate of drug-likeness (QED) is 0.579. The second kappa shape index (κ2) is 7.29. The summed E-state index contributed by atoms with van der Waals surface area (Å²) in [6.07, 6.45) is 6.42. The van der Waals surface area contributed by atoms with Gasteiger partial charge in [0.1, 0.15) is 0 Å². The summed E-state index contributed by atoms with van der Waals surface area (Å²) in [7, 11) is 0. The van der Waals surface area contributed by atoms with Crippen molar-refractivity contribution in [2.75, 3.05) is 26.3 Å². The van der Waals surface area contributed by atoms with Crippen molar-refractivity contribution >= 4 is 0 Å². The van der Waals surface area contributed by atoms with Gasteiger partial charge in [0, 0.05) is 18.6 Å². The van der Waals surface area contributed by atoms with E-state index in [9.17, 15) is 0 Å². The predicted molar refractivity (Wildman–Crippen MR) is 69.7 cm³/mol. The van der Waals surface area contributed by atoms with Crippen LogP contribution in [0.5, 0.6) is 0 Å². The van der Waals surface area contributed by atoms with E-state index in [1.54, 1.807) is 0 Å². The molecule has 2 heteroatoms. The Labute approximate surface area is 101 Å². The first-order chi connectivity index (χ1) is 7.76. The van der Waals surface area contributed by atoms with Crippen LogP contribution in [0.3, 0.4) is 0 Å². The van der Waals surface area contributed by atoms with E-state index in [0.717, 1.165) is 32.2 Å². The highest BCUT2D eigenvalue weighted by Gasteiger charge is 2.28. The van der Waals surface area contributed by atoms with Crippen molar-refractivity contribution in [3.05, 3.63) is 0 Å². The Morgan fingerprint density at radius 2 is 1.88 bits per heavy atom. The summed E-state index contributed by atoms with van der Waals surface area (Å²) < 4.78 is 5.90. The van der Waals surface area contributed by atoms with Crippen molar-refractivity contribution in [2.24, 2.45) is 11.3 Å². The van der Waals surface area contributed by atoms with Gasteiger partial charge in [0.25, 0.3) is 0 Å². The molecule has 0 unspecified atom stereocenters. The monoisotopic (exact) mass is 227 g/mol. The molecule has 1 rings (SSSR count). The van der Waals surface area contributed by atoms with E-state index in [1.807, 2.05) is 0 Å². The minimum atomic E-state index is 0.365. The average Bonchev–Trinajstić information content (AvgIpc) is 3.11. The molecule has 0 bridgehead atoms. The van der Waals surface area contributed by atoms with Gasteiger partial charge < -0.3 is 10.1 Å². The average molecular weight is 227 g/mol. The van der Waals surface area contributed by atoms with Gasteiger partial charge in [-0.2, -0.15) is 0 Å². The normalized spacial score (nSPS) is 16.7. The Balaban J connectivity index is 2.23. The zero-order valence-corrected chi connectivity index (χ0v) is 11.3. The molecule has 0 aromatic carbocycles. The molecule has 0 atom stereocenters. The highest BCUT2D eigenvalue weighted by molar-refractivity contribution is 4.80. The van der Waals surface area contributed by atoms with Crippen molar-refractivity contribution in [1.82, 2.24) is 5.32 Å². The van der Waals surface area contributed by atoms with Crippen LogP contribution < -0.4 is 5.32 Å². The summed E-state index contributed by atoms with van der Waals surface area (Å²) in [5.41, 5.74) is 0.365. The zero-order valence-electron chi connectivity index (χ0n) is 11.3. The second-order valence-electron chi connectivity index (χ2n) is 5.34. The van der Waals surface area contributed by atoms with Gasteiger partial charge in [-0.1, -0.05) is 20.8 Å². The van der Waals surface area contributed by atoms with Crippen LogP contribution in [0, 0.1) is 11.3 Å². The highest BCUT2D eigenvalue weighted by atomic mass is 16.5. The first-order valence-corrected chi connectivity index (χ1v) is 7.04. The van der Waals surface area contributed by atoms with E-state index in [-0.39, 0.29) is 0 Å². The lowest BCUT2D eigenvalue weighted by Crippen LogP contribution is -2.38. The first kappa shape index (κ1) is 14.0. The summed E-state index contributed by atoms with van der Waals surface area (Å²) in [5.74, 6) is 0.884. The summed E-state index contributed by atoms with van der Waals surface area (Å²) >= 11 is 0. The van der Waals surface area contributed by atoms with Gasteiger partial charge in [-0.3, -0.25) is 0 Å². The molecule has 2 nitrogen and oxygen atoms in total. The fourth-order valence-electron chi connectivity index (χ4n) is 2.01. The summed E-state index contributed by atoms with van der Waals surface area (Å²) in [4.78, 5) is 0. The molecule has 0 spiro atoms. The summed E-state index contributed by atoms with van der Waals surface area (Å²) in [6, 6.07) is 0. The third kappa shape index (κ3) is 4.84. The standard InChI is InChI=1S/C14H29NO/c1-4-9-15-11-14(5-2,6-3)12-16-10-13-7-8-13/h13,15H,4-12H2,1-3H3. The third-order valence-corrected chi connectivity index (χ3v) is 3.89. The summed E-state index contributed by atoms with van der Waals surface area (Å²) in [5, 5.41) is 3.55. The minimum Gasteiger partial charge on any atom is -0.381 e. The molecule has 1 N–H and O–H groups in total. The van der Waals surface area contributed by atoms with Crippen molar-refractivity contribution in [3.8, 4) is 0 Å². The van der Waals surface area contributed by atoms with Gasteiger partial charge in [0.05, 0.1) is 6.61 Å². The van der Waals surface area contributed by atoms with Crippen molar-refractivity contribution in [3.63, 3.8) is 0 Å². The Bertz CT molecular complexity index is 174.